The molecule has 0 atom stereocenters. The van der Waals surface area contributed by atoms with Crippen LogP contribution in [-0.2, 0) is 0 Å². The van der Waals surface area contributed by atoms with Gasteiger partial charge in [0.25, 0.3) is 0 Å². The normalized spacial score (nSPS) is 10.9. The van der Waals surface area contributed by atoms with Gasteiger partial charge in [0.2, 0.25) is 0 Å². The van der Waals surface area contributed by atoms with Crippen LogP contribution in [0.4, 0.5) is 0 Å². The molecule has 150 valence electrons. The quantitative estimate of drug-likeness (QED) is 0.221. The molecule has 1 heterocycles. The van der Waals surface area contributed by atoms with E-state index in [0.29, 0.717) is 21.6 Å². The number of nitrogens with zero attached hydrogens (tertiary/aromatic N) is 3. The van der Waals surface area contributed by atoms with E-state index in [0.717, 1.165) is 15.7 Å². The van der Waals surface area contributed by atoms with Gasteiger partial charge in [0.05, 0.1) is 5.75 Å². The highest BCUT2D eigenvalue weighted by Gasteiger charge is 2.18. The first kappa shape index (κ1) is 20.8. The molecule has 0 bridgehead atoms. The smallest absolute Gasteiger partial charge is 0.196 e. The number of aryl methyl sites for hydroxylation is 1. The molecule has 0 aliphatic carbocycles. The van der Waals surface area contributed by atoms with Crippen LogP contribution in [0.15, 0.2) is 82.4 Å². The van der Waals surface area contributed by atoms with E-state index in [4.69, 9.17) is 11.6 Å². The Morgan fingerprint density at radius 3 is 2.30 bits per heavy atom. The van der Waals surface area contributed by atoms with E-state index in [9.17, 15) is 4.79 Å². The molecule has 0 spiro atoms. The summed E-state index contributed by atoms with van der Waals surface area (Å²) in [6.45, 7) is 2.04. The standard InChI is InChI=1S/C23H17BrClN3OS/c1-15-2-12-20(13-3-15)28-22(17-6-10-19(25)11-7-17)26-27-23(28)30-14-21(29)16-4-8-18(24)9-5-16/h2-13H,14H2,1H3. The summed E-state index contributed by atoms with van der Waals surface area (Å²) in [4.78, 5) is 12.6. The predicted molar refractivity (Wildman–Crippen MR) is 126 cm³/mol. The Kier molecular flexibility index (Phi) is 6.37. The van der Waals surface area contributed by atoms with Crippen LogP contribution in [0, 0.1) is 6.92 Å². The number of hydrogen-bond donors (Lipinski definition) is 0. The zero-order chi connectivity index (χ0) is 21.1. The van der Waals surface area contributed by atoms with Crippen LogP contribution in [0.25, 0.3) is 17.1 Å². The number of rotatable bonds is 6. The lowest BCUT2D eigenvalue weighted by molar-refractivity contribution is 0.102. The molecule has 4 rings (SSSR count). The van der Waals surface area contributed by atoms with Crippen molar-refractivity contribution in [2.24, 2.45) is 0 Å². The predicted octanol–water partition coefficient (Wildman–Crippen LogP) is 6.63. The van der Waals surface area contributed by atoms with Crippen molar-refractivity contribution in [2.45, 2.75) is 12.1 Å². The summed E-state index contributed by atoms with van der Waals surface area (Å²) in [6, 6.07) is 23.0. The van der Waals surface area contributed by atoms with Crippen LogP contribution in [0.3, 0.4) is 0 Å². The molecule has 0 saturated heterocycles. The molecule has 7 heteroatoms. The summed E-state index contributed by atoms with van der Waals surface area (Å²) in [6.07, 6.45) is 0. The van der Waals surface area contributed by atoms with E-state index < -0.39 is 0 Å². The summed E-state index contributed by atoms with van der Waals surface area (Å²) in [5.74, 6) is 1.01. The first-order chi connectivity index (χ1) is 14.5. The minimum absolute atomic E-state index is 0.0407. The highest BCUT2D eigenvalue weighted by molar-refractivity contribution is 9.10. The van der Waals surface area contributed by atoms with Crippen LogP contribution in [0.1, 0.15) is 15.9 Å². The van der Waals surface area contributed by atoms with E-state index in [-0.39, 0.29) is 11.5 Å². The minimum atomic E-state index is 0.0407. The third-order valence-corrected chi connectivity index (χ3v) is 6.24. The Morgan fingerprint density at radius 2 is 1.63 bits per heavy atom. The number of ketones is 1. The van der Waals surface area contributed by atoms with Gasteiger partial charge in [-0.15, -0.1) is 10.2 Å². The summed E-state index contributed by atoms with van der Waals surface area (Å²) in [7, 11) is 0. The van der Waals surface area contributed by atoms with E-state index in [2.05, 4.69) is 26.1 Å². The van der Waals surface area contributed by atoms with Gasteiger partial charge in [-0.05, 0) is 55.5 Å². The summed E-state index contributed by atoms with van der Waals surface area (Å²) < 4.78 is 2.92. The molecule has 1 aromatic heterocycles. The molecule has 30 heavy (non-hydrogen) atoms. The molecule has 3 aromatic carbocycles. The van der Waals surface area contributed by atoms with Gasteiger partial charge >= 0.3 is 0 Å². The van der Waals surface area contributed by atoms with E-state index in [1.54, 1.807) is 0 Å². The molecule has 0 aliphatic rings. The molecule has 0 aliphatic heterocycles. The maximum absolute atomic E-state index is 12.6. The fourth-order valence-electron chi connectivity index (χ4n) is 2.93. The first-order valence-corrected chi connectivity index (χ1v) is 11.4. The second kappa shape index (κ2) is 9.16. The van der Waals surface area contributed by atoms with Crippen LogP contribution >= 0.6 is 39.3 Å². The van der Waals surface area contributed by atoms with Crippen LogP contribution in [-0.4, -0.2) is 26.3 Å². The van der Waals surface area contributed by atoms with Crippen molar-refractivity contribution >= 4 is 45.1 Å². The zero-order valence-corrected chi connectivity index (χ0v) is 19.2. The van der Waals surface area contributed by atoms with Gasteiger partial charge in [-0.1, -0.05) is 69.1 Å². The molecule has 0 amide bonds. The molecule has 4 aromatic rings. The largest absolute Gasteiger partial charge is 0.293 e. The maximum Gasteiger partial charge on any atom is 0.196 e. The number of aromatic nitrogens is 3. The fourth-order valence-corrected chi connectivity index (χ4v) is 4.16. The zero-order valence-electron chi connectivity index (χ0n) is 16.0. The first-order valence-electron chi connectivity index (χ1n) is 9.21. The highest BCUT2D eigenvalue weighted by atomic mass is 79.9. The third-order valence-electron chi connectivity index (χ3n) is 4.53. The van der Waals surface area contributed by atoms with Gasteiger partial charge in [-0.25, -0.2) is 0 Å². The number of Topliss-reactive ketones (excluding diaryl/α,β-unsaturated/α-hetero) is 1. The Hall–Kier alpha value is -2.41. The van der Waals surface area contributed by atoms with Crippen molar-refractivity contribution in [3.8, 4) is 17.1 Å². The van der Waals surface area contributed by atoms with Crippen molar-refractivity contribution in [2.75, 3.05) is 5.75 Å². The molecule has 0 unspecified atom stereocenters. The van der Waals surface area contributed by atoms with E-state index in [1.165, 1.54) is 17.3 Å². The number of thioether (sulfide) groups is 1. The van der Waals surface area contributed by atoms with Gasteiger partial charge < -0.3 is 0 Å². The number of carbonyl (C=O) groups is 1. The molecular weight excluding hydrogens is 482 g/mol. The van der Waals surface area contributed by atoms with E-state index >= 15 is 0 Å². The lowest BCUT2D eigenvalue weighted by Gasteiger charge is -2.11. The molecule has 4 nitrogen and oxygen atoms in total. The van der Waals surface area contributed by atoms with Gasteiger partial charge in [-0.2, -0.15) is 0 Å². The second-order valence-electron chi connectivity index (χ2n) is 6.70. The van der Waals surface area contributed by atoms with Gasteiger partial charge in [0, 0.05) is 26.3 Å². The highest BCUT2D eigenvalue weighted by Crippen LogP contribution is 2.29. The molecular formula is C23H17BrClN3OS. The van der Waals surface area contributed by atoms with Crippen molar-refractivity contribution in [1.29, 1.82) is 0 Å². The average molecular weight is 499 g/mol. The Morgan fingerprint density at radius 1 is 0.967 bits per heavy atom. The lowest BCUT2D eigenvalue weighted by Crippen LogP contribution is -2.05. The Labute approximate surface area is 192 Å². The van der Waals surface area contributed by atoms with Crippen LogP contribution in [0.2, 0.25) is 5.02 Å². The van der Waals surface area contributed by atoms with Crippen LogP contribution < -0.4 is 0 Å². The van der Waals surface area contributed by atoms with Crippen molar-refractivity contribution in [3.05, 3.63) is 93.4 Å². The Bertz CT molecular complexity index is 1170. The molecule has 0 fully saturated rings. The Balaban J connectivity index is 1.67. The van der Waals surface area contributed by atoms with E-state index in [1.807, 2.05) is 84.3 Å². The third kappa shape index (κ3) is 4.67. The number of hydrogen-bond acceptors (Lipinski definition) is 4. The number of carbonyl (C=O) groups excluding carboxylic acids is 1. The average Bonchev–Trinajstić information content (AvgIpc) is 3.17. The van der Waals surface area contributed by atoms with Crippen LogP contribution in [0.5, 0.6) is 0 Å². The van der Waals surface area contributed by atoms with Crippen molar-refractivity contribution in [1.82, 2.24) is 14.8 Å². The monoisotopic (exact) mass is 497 g/mol. The second-order valence-corrected chi connectivity index (χ2v) is 9.00. The molecule has 0 saturated carbocycles. The minimum Gasteiger partial charge on any atom is -0.293 e. The van der Waals surface area contributed by atoms with Crippen molar-refractivity contribution in [3.63, 3.8) is 0 Å². The van der Waals surface area contributed by atoms with Gasteiger partial charge in [-0.3, -0.25) is 9.36 Å². The maximum atomic E-state index is 12.6. The molecule has 0 N–H and O–H groups in total. The summed E-state index contributed by atoms with van der Waals surface area (Å²) >= 11 is 10.8. The van der Waals surface area contributed by atoms with Gasteiger partial charge in [0.1, 0.15) is 0 Å². The fraction of sp³-hybridized carbons (Fsp3) is 0.0870. The van der Waals surface area contributed by atoms with Gasteiger partial charge in [0.15, 0.2) is 16.8 Å². The SMILES string of the molecule is Cc1ccc(-n2c(SCC(=O)c3ccc(Br)cc3)nnc2-c2ccc(Cl)cc2)cc1. The number of halogens is 2. The lowest BCUT2D eigenvalue weighted by atomic mass is 10.2. The number of benzene rings is 3. The summed E-state index contributed by atoms with van der Waals surface area (Å²) in [5, 5.41) is 10.1. The van der Waals surface area contributed by atoms with Crippen molar-refractivity contribution < 1.29 is 4.79 Å². The topological polar surface area (TPSA) is 47.8 Å². The summed E-state index contributed by atoms with van der Waals surface area (Å²) in [5.41, 5.74) is 3.68. The molecule has 0 radical (unpaired) electrons.